The maximum absolute atomic E-state index is 13.7. The van der Waals surface area contributed by atoms with Gasteiger partial charge in [0, 0.05) is 17.1 Å². The van der Waals surface area contributed by atoms with E-state index in [-0.39, 0.29) is 5.82 Å². The van der Waals surface area contributed by atoms with Gasteiger partial charge in [0.05, 0.1) is 19.9 Å². The summed E-state index contributed by atoms with van der Waals surface area (Å²) in [5, 5.41) is 3.38. The lowest BCUT2D eigenvalue weighted by atomic mass is 10.1. The van der Waals surface area contributed by atoms with Gasteiger partial charge in [-0.25, -0.2) is 4.39 Å². The Balaban J connectivity index is 2.18. The molecular formula is C15H15ClFNO2. The Bertz CT molecular complexity index is 604. The van der Waals surface area contributed by atoms with Crippen LogP contribution in [0.1, 0.15) is 5.56 Å². The molecule has 5 heteroatoms. The number of halogens is 2. The molecule has 106 valence electrons. The van der Waals surface area contributed by atoms with Gasteiger partial charge in [0.25, 0.3) is 0 Å². The molecule has 2 rings (SSSR count). The zero-order chi connectivity index (χ0) is 14.5. The number of para-hydroxylation sites is 1. The summed E-state index contributed by atoms with van der Waals surface area (Å²) in [6, 6.07) is 10.1. The fourth-order valence-electron chi connectivity index (χ4n) is 1.92. The van der Waals surface area contributed by atoms with Gasteiger partial charge in [-0.2, -0.15) is 0 Å². The van der Waals surface area contributed by atoms with Crippen molar-refractivity contribution in [3.63, 3.8) is 0 Å². The average Bonchev–Trinajstić information content (AvgIpc) is 2.45. The van der Waals surface area contributed by atoms with Crippen molar-refractivity contribution in [1.82, 2.24) is 0 Å². The van der Waals surface area contributed by atoms with E-state index in [1.165, 1.54) is 6.07 Å². The van der Waals surface area contributed by atoms with E-state index in [1.807, 2.05) is 18.2 Å². The molecule has 0 spiro atoms. The van der Waals surface area contributed by atoms with E-state index in [1.54, 1.807) is 26.4 Å². The van der Waals surface area contributed by atoms with Crippen molar-refractivity contribution < 1.29 is 13.9 Å². The summed E-state index contributed by atoms with van der Waals surface area (Å²) in [6.07, 6.45) is 0. The van der Waals surface area contributed by atoms with Gasteiger partial charge in [0.2, 0.25) is 0 Å². The van der Waals surface area contributed by atoms with Gasteiger partial charge in [-0.3, -0.25) is 0 Å². The van der Waals surface area contributed by atoms with Crippen LogP contribution in [0.25, 0.3) is 0 Å². The lowest BCUT2D eigenvalue weighted by Gasteiger charge is -2.14. The van der Waals surface area contributed by atoms with Gasteiger partial charge in [-0.05, 0) is 24.3 Å². The van der Waals surface area contributed by atoms with E-state index in [0.29, 0.717) is 28.8 Å². The SMILES string of the molecule is COc1cccc(CNc2ccc(Cl)cc2F)c1OC. The van der Waals surface area contributed by atoms with E-state index in [0.717, 1.165) is 5.56 Å². The monoisotopic (exact) mass is 295 g/mol. The number of hydrogen-bond donors (Lipinski definition) is 1. The van der Waals surface area contributed by atoms with Crippen molar-refractivity contribution >= 4 is 17.3 Å². The molecule has 0 radical (unpaired) electrons. The number of rotatable bonds is 5. The molecule has 0 aliphatic carbocycles. The first-order valence-corrected chi connectivity index (χ1v) is 6.42. The summed E-state index contributed by atoms with van der Waals surface area (Å²) in [4.78, 5) is 0. The topological polar surface area (TPSA) is 30.5 Å². The van der Waals surface area contributed by atoms with Gasteiger partial charge in [0.15, 0.2) is 11.5 Å². The summed E-state index contributed by atoms with van der Waals surface area (Å²) >= 11 is 5.72. The van der Waals surface area contributed by atoms with Crippen LogP contribution in [-0.2, 0) is 6.54 Å². The second kappa shape index (κ2) is 6.48. The van der Waals surface area contributed by atoms with Crippen LogP contribution in [0.15, 0.2) is 36.4 Å². The highest BCUT2D eigenvalue weighted by atomic mass is 35.5. The molecule has 0 saturated heterocycles. The van der Waals surface area contributed by atoms with Crippen LogP contribution in [0.2, 0.25) is 5.02 Å². The summed E-state index contributed by atoms with van der Waals surface area (Å²) in [6.45, 7) is 0.416. The maximum Gasteiger partial charge on any atom is 0.165 e. The molecule has 0 fully saturated rings. The van der Waals surface area contributed by atoms with E-state index < -0.39 is 0 Å². The highest BCUT2D eigenvalue weighted by Crippen LogP contribution is 2.31. The van der Waals surface area contributed by atoms with Crippen LogP contribution >= 0.6 is 11.6 Å². The predicted octanol–water partition coefficient (Wildman–Crippen LogP) is 4.11. The van der Waals surface area contributed by atoms with Crippen LogP contribution in [0.4, 0.5) is 10.1 Å². The van der Waals surface area contributed by atoms with Gasteiger partial charge < -0.3 is 14.8 Å². The lowest BCUT2D eigenvalue weighted by molar-refractivity contribution is 0.352. The number of ether oxygens (including phenoxy) is 2. The van der Waals surface area contributed by atoms with Crippen molar-refractivity contribution in [3.05, 3.63) is 52.8 Å². The standard InChI is InChI=1S/C15H15ClFNO2/c1-19-14-5-3-4-10(15(14)20-2)9-18-13-7-6-11(16)8-12(13)17/h3-8,18H,9H2,1-2H3. The van der Waals surface area contributed by atoms with Gasteiger partial charge >= 0.3 is 0 Å². The molecule has 0 aliphatic heterocycles. The lowest BCUT2D eigenvalue weighted by Crippen LogP contribution is -2.04. The van der Waals surface area contributed by atoms with E-state index in [9.17, 15) is 4.39 Å². The minimum absolute atomic E-state index is 0.368. The first-order valence-electron chi connectivity index (χ1n) is 6.04. The average molecular weight is 296 g/mol. The Morgan fingerprint density at radius 3 is 2.60 bits per heavy atom. The molecule has 3 nitrogen and oxygen atoms in total. The third-order valence-electron chi connectivity index (χ3n) is 2.88. The highest BCUT2D eigenvalue weighted by Gasteiger charge is 2.10. The van der Waals surface area contributed by atoms with Crippen molar-refractivity contribution in [2.24, 2.45) is 0 Å². The minimum atomic E-state index is -0.389. The maximum atomic E-state index is 13.7. The Hall–Kier alpha value is -1.94. The third-order valence-corrected chi connectivity index (χ3v) is 3.12. The molecule has 0 bridgehead atoms. The summed E-state index contributed by atoms with van der Waals surface area (Å²) in [7, 11) is 3.15. The molecular weight excluding hydrogens is 281 g/mol. The highest BCUT2D eigenvalue weighted by molar-refractivity contribution is 6.30. The Labute approximate surface area is 122 Å². The van der Waals surface area contributed by atoms with E-state index in [2.05, 4.69) is 5.32 Å². The molecule has 2 aromatic carbocycles. The minimum Gasteiger partial charge on any atom is -0.493 e. The largest absolute Gasteiger partial charge is 0.493 e. The van der Waals surface area contributed by atoms with Crippen LogP contribution in [0, 0.1) is 5.82 Å². The molecule has 20 heavy (non-hydrogen) atoms. The third kappa shape index (κ3) is 3.14. The van der Waals surface area contributed by atoms with Crippen molar-refractivity contribution in [2.75, 3.05) is 19.5 Å². The first kappa shape index (κ1) is 14.5. The smallest absolute Gasteiger partial charge is 0.165 e. The van der Waals surface area contributed by atoms with Crippen molar-refractivity contribution in [3.8, 4) is 11.5 Å². The first-order chi connectivity index (χ1) is 9.65. The summed E-state index contributed by atoms with van der Waals surface area (Å²) < 4.78 is 24.2. The fourth-order valence-corrected chi connectivity index (χ4v) is 2.07. The van der Waals surface area contributed by atoms with Crippen molar-refractivity contribution in [1.29, 1.82) is 0 Å². The molecule has 1 N–H and O–H groups in total. The molecule has 0 aromatic heterocycles. The summed E-state index contributed by atoms with van der Waals surface area (Å²) in [5.41, 5.74) is 1.26. The molecule has 0 unspecified atom stereocenters. The van der Waals surface area contributed by atoms with E-state index in [4.69, 9.17) is 21.1 Å². The zero-order valence-electron chi connectivity index (χ0n) is 11.2. The van der Waals surface area contributed by atoms with Crippen molar-refractivity contribution in [2.45, 2.75) is 6.54 Å². The quantitative estimate of drug-likeness (QED) is 0.900. The number of methoxy groups -OCH3 is 2. The second-order valence-electron chi connectivity index (χ2n) is 4.13. The van der Waals surface area contributed by atoms with E-state index >= 15 is 0 Å². The fraction of sp³-hybridized carbons (Fsp3) is 0.200. The number of benzene rings is 2. The van der Waals surface area contributed by atoms with Gasteiger partial charge in [-0.1, -0.05) is 23.7 Å². The normalized spacial score (nSPS) is 10.2. The molecule has 0 aliphatic rings. The van der Waals surface area contributed by atoms with Crippen LogP contribution < -0.4 is 14.8 Å². The predicted molar refractivity (Wildman–Crippen MR) is 78.3 cm³/mol. The number of anilines is 1. The summed E-state index contributed by atoms with van der Waals surface area (Å²) in [5.74, 6) is 0.889. The molecule has 2 aromatic rings. The Morgan fingerprint density at radius 2 is 1.95 bits per heavy atom. The van der Waals surface area contributed by atoms with Crippen LogP contribution in [-0.4, -0.2) is 14.2 Å². The van der Waals surface area contributed by atoms with Crippen LogP contribution in [0.5, 0.6) is 11.5 Å². The molecule has 0 atom stereocenters. The molecule has 0 amide bonds. The number of nitrogens with one attached hydrogen (secondary N) is 1. The second-order valence-corrected chi connectivity index (χ2v) is 4.57. The van der Waals surface area contributed by atoms with Gasteiger partial charge in [0.1, 0.15) is 5.82 Å². The van der Waals surface area contributed by atoms with Gasteiger partial charge in [-0.15, -0.1) is 0 Å². The zero-order valence-corrected chi connectivity index (χ0v) is 12.0. The van der Waals surface area contributed by atoms with Crippen LogP contribution in [0.3, 0.4) is 0 Å². The Morgan fingerprint density at radius 1 is 1.15 bits per heavy atom. The Kier molecular flexibility index (Phi) is 4.69. The molecule has 0 saturated carbocycles. The number of hydrogen-bond acceptors (Lipinski definition) is 3. The molecule has 0 heterocycles.